The molecule has 0 heterocycles. The highest BCUT2D eigenvalue weighted by atomic mass is 19.1. The van der Waals surface area contributed by atoms with Crippen LogP contribution < -0.4 is 0 Å². The van der Waals surface area contributed by atoms with Crippen molar-refractivity contribution in [2.24, 2.45) is 10.4 Å². The van der Waals surface area contributed by atoms with Crippen LogP contribution >= 0.6 is 0 Å². The summed E-state index contributed by atoms with van der Waals surface area (Å²) in [5.74, 6) is -0.231. The summed E-state index contributed by atoms with van der Waals surface area (Å²) in [7, 11) is 0. The summed E-state index contributed by atoms with van der Waals surface area (Å²) in [5, 5.41) is 9.16. The Balaban J connectivity index is 2.04. The van der Waals surface area contributed by atoms with E-state index in [1.54, 1.807) is 12.1 Å². The van der Waals surface area contributed by atoms with Gasteiger partial charge in [0.05, 0.1) is 6.61 Å². The number of nitrogens with zero attached hydrogens (tertiary/aromatic N) is 1. The molecule has 0 bridgehead atoms. The molecule has 1 aliphatic rings. The van der Waals surface area contributed by atoms with Crippen LogP contribution in [0.15, 0.2) is 29.3 Å². The number of halogens is 1. The van der Waals surface area contributed by atoms with E-state index >= 15 is 0 Å². The van der Waals surface area contributed by atoms with E-state index in [1.807, 2.05) is 6.92 Å². The molecule has 0 aromatic heterocycles. The van der Waals surface area contributed by atoms with Crippen molar-refractivity contribution in [1.82, 2.24) is 0 Å². The van der Waals surface area contributed by atoms with Gasteiger partial charge in [-0.3, -0.25) is 4.99 Å². The average Bonchev–Trinajstić information content (AvgIpc) is 3.08. The normalized spacial score (nSPS) is 18.6. The minimum atomic E-state index is -0.231. The first-order valence-electron chi connectivity index (χ1n) is 5.53. The van der Waals surface area contributed by atoms with Crippen molar-refractivity contribution < 1.29 is 9.50 Å². The van der Waals surface area contributed by atoms with Gasteiger partial charge in [0, 0.05) is 17.7 Å². The van der Waals surface area contributed by atoms with E-state index in [0.717, 1.165) is 24.1 Å². The van der Waals surface area contributed by atoms with Crippen LogP contribution in [0.1, 0.15) is 25.3 Å². The fourth-order valence-electron chi connectivity index (χ4n) is 1.61. The van der Waals surface area contributed by atoms with Crippen LogP contribution in [0.2, 0.25) is 0 Å². The second kappa shape index (κ2) is 4.34. The molecule has 0 saturated heterocycles. The van der Waals surface area contributed by atoms with Gasteiger partial charge >= 0.3 is 0 Å². The van der Waals surface area contributed by atoms with E-state index in [0.29, 0.717) is 6.54 Å². The lowest BCUT2D eigenvalue weighted by molar-refractivity contribution is 0.217. The Kier molecular flexibility index (Phi) is 3.06. The maximum absolute atomic E-state index is 12.7. The summed E-state index contributed by atoms with van der Waals surface area (Å²) >= 11 is 0. The van der Waals surface area contributed by atoms with Crippen LogP contribution in [0.25, 0.3) is 0 Å². The second-order valence-corrected chi connectivity index (χ2v) is 4.57. The maximum Gasteiger partial charge on any atom is 0.123 e. The van der Waals surface area contributed by atoms with Crippen LogP contribution in [-0.4, -0.2) is 24.0 Å². The number of benzene rings is 1. The molecule has 1 fully saturated rings. The zero-order valence-electron chi connectivity index (χ0n) is 9.41. The number of aliphatic hydroxyl groups is 1. The number of aliphatic imine (C=N–C) groups is 1. The quantitative estimate of drug-likeness (QED) is 0.778. The molecule has 2 rings (SSSR count). The Morgan fingerprint density at radius 2 is 2.00 bits per heavy atom. The van der Waals surface area contributed by atoms with Crippen molar-refractivity contribution in [2.45, 2.75) is 19.8 Å². The molecule has 1 saturated carbocycles. The van der Waals surface area contributed by atoms with Crippen LogP contribution in [0.5, 0.6) is 0 Å². The summed E-state index contributed by atoms with van der Waals surface area (Å²) in [5.41, 5.74) is 1.89. The smallest absolute Gasteiger partial charge is 0.123 e. The zero-order chi connectivity index (χ0) is 11.6. The topological polar surface area (TPSA) is 32.6 Å². The first kappa shape index (κ1) is 11.3. The van der Waals surface area contributed by atoms with Gasteiger partial charge in [-0.1, -0.05) is 12.1 Å². The lowest BCUT2D eigenvalue weighted by Gasteiger charge is -2.08. The molecule has 0 amide bonds. The third-order valence-corrected chi connectivity index (χ3v) is 3.21. The molecule has 0 spiro atoms. The van der Waals surface area contributed by atoms with Crippen molar-refractivity contribution in [3.05, 3.63) is 35.6 Å². The first-order valence-corrected chi connectivity index (χ1v) is 5.53. The monoisotopic (exact) mass is 221 g/mol. The van der Waals surface area contributed by atoms with E-state index in [4.69, 9.17) is 5.11 Å². The molecule has 3 heteroatoms. The molecule has 2 nitrogen and oxygen atoms in total. The molecule has 86 valence electrons. The van der Waals surface area contributed by atoms with Crippen molar-refractivity contribution in [3.8, 4) is 0 Å². The van der Waals surface area contributed by atoms with Gasteiger partial charge in [-0.2, -0.15) is 0 Å². The number of rotatable bonds is 4. The third kappa shape index (κ3) is 2.47. The summed E-state index contributed by atoms with van der Waals surface area (Å²) in [6, 6.07) is 6.33. The third-order valence-electron chi connectivity index (χ3n) is 3.21. The molecule has 0 radical (unpaired) electrons. The van der Waals surface area contributed by atoms with E-state index < -0.39 is 0 Å². The van der Waals surface area contributed by atoms with Crippen molar-refractivity contribution in [2.75, 3.05) is 13.2 Å². The molecule has 1 aliphatic carbocycles. The average molecular weight is 221 g/mol. The van der Waals surface area contributed by atoms with Gasteiger partial charge in [0.25, 0.3) is 0 Å². The molecule has 0 unspecified atom stereocenters. The largest absolute Gasteiger partial charge is 0.396 e. The van der Waals surface area contributed by atoms with Crippen LogP contribution in [0.4, 0.5) is 4.39 Å². The van der Waals surface area contributed by atoms with Gasteiger partial charge < -0.3 is 5.11 Å². The SMILES string of the molecule is C/C(=N\CC1(CO)CC1)c1ccc(F)cc1. The first-order chi connectivity index (χ1) is 7.65. The number of aliphatic hydroxyl groups excluding tert-OH is 1. The summed E-state index contributed by atoms with van der Waals surface area (Å²) in [4.78, 5) is 4.46. The number of hydrogen-bond donors (Lipinski definition) is 1. The van der Waals surface area contributed by atoms with E-state index in [1.165, 1.54) is 12.1 Å². The summed E-state index contributed by atoms with van der Waals surface area (Å²) in [6.07, 6.45) is 2.12. The predicted molar refractivity (Wildman–Crippen MR) is 62.2 cm³/mol. The molecule has 1 N–H and O–H groups in total. The number of hydrogen-bond acceptors (Lipinski definition) is 2. The lowest BCUT2D eigenvalue weighted by Crippen LogP contribution is -2.12. The zero-order valence-corrected chi connectivity index (χ0v) is 9.41. The lowest BCUT2D eigenvalue weighted by atomic mass is 10.1. The highest BCUT2D eigenvalue weighted by Crippen LogP contribution is 2.45. The Hall–Kier alpha value is -1.22. The van der Waals surface area contributed by atoms with Crippen molar-refractivity contribution in [1.29, 1.82) is 0 Å². The fraction of sp³-hybridized carbons (Fsp3) is 0.462. The van der Waals surface area contributed by atoms with Gasteiger partial charge in [0.2, 0.25) is 0 Å². The van der Waals surface area contributed by atoms with Gasteiger partial charge in [0.1, 0.15) is 5.82 Å². The minimum absolute atomic E-state index is 0.0429. The van der Waals surface area contributed by atoms with Gasteiger partial charge in [-0.05, 0) is 37.5 Å². The van der Waals surface area contributed by atoms with Crippen LogP contribution in [0, 0.1) is 11.2 Å². The van der Waals surface area contributed by atoms with Gasteiger partial charge in [-0.25, -0.2) is 4.39 Å². The van der Waals surface area contributed by atoms with Gasteiger partial charge in [-0.15, -0.1) is 0 Å². The Morgan fingerprint density at radius 3 is 2.50 bits per heavy atom. The molecule has 0 atom stereocenters. The Bertz CT molecular complexity index is 393. The molecular formula is C13H16FNO. The van der Waals surface area contributed by atoms with E-state index in [9.17, 15) is 4.39 Å². The van der Waals surface area contributed by atoms with Crippen molar-refractivity contribution >= 4 is 5.71 Å². The highest BCUT2D eigenvalue weighted by molar-refractivity contribution is 5.98. The second-order valence-electron chi connectivity index (χ2n) is 4.57. The maximum atomic E-state index is 12.7. The summed E-state index contributed by atoms with van der Waals surface area (Å²) in [6.45, 7) is 2.81. The van der Waals surface area contributed by atoms with Crippen LogP contribution in [0.3, 0.4) is 0 Å². The Morgan fingerprint density at radius 1 is 1.38 bits per heavy atom. The molecular weight excluding hydrogens is 205 g/mol. The van der Waals surface area contributed by atoms with Gasteiger partial charge in [0.15, 0.2) is 0 Å². The molecule has 1 aromatic rings. The fourth-order valence-corrected chi connectivity index (χ4v) is 1.61. The van der Waals surface area contributed by atoms with E-state index in [2.05, 4.69) is 4.99 Å². The minimum Gasteiger partial charge on any atom is -0.396 e. The molecule has 1 aromatic carbocycles. The molecule has 16 heavy (non-hydrogen) atoms. The highest BCUT2D eigenvalue weighted by Gasteiger charge is 2.41. The molecule has 0 aliphatic heterocycles. The Labute approximate surface area is 94.8 Å². The summed E-state index contributed by atoms with van der Waals surface area (Å²) < 4.78 is 12.7. The standard InChI is InChI=1S/C13H16FNO/c1-10(11-2-4-12(14)5-3-11)15-8-13(9-16)6-7-13/h2-5,16H,6-9H2,1H3/b15-10+. The van der Waals surface area contributed by atoms with Crippen LogP contribution in [-0.2, 0) is 0 Å². The van der Waals surface area contributed by atoms with Crippen molar-refractivity contribution in [3.63, 3.8) is 0 Å². The predicted octanol–water partition coefficient (Wildman–Crippen LogP) is 2.41. The van der Waals surface area contributed by atoms with E-state index in [-0.39, 0.29) is 17.8 Å².